The number of ether oxygens (including phenoxy) is 4. The molecule has 2 aliphatic heterocycles. The molecule has 3 heterocycles. The van der Waals surface area contributed by atoms with Gasteiger partial charge in [-0.3, -0.25) is 0 Å². The molecule has 2 N–H and O–H groups in total. The van der Waals surface area contributed by atoms with Crippen molar-refractivity contribution in [2.75, 3.05) is 13.7 Å². The molecule has 0 spiro atoms. The predicted molar refractivity (Wildman–Crippen MR) is 110 cm³/mol. The molecule has 2 fully saturated rings. The van der Waals surface area contributed by atoms with Crippen LogP contribution in [0.4, 0.5) is 0 Å². The van der Waals surface area contributed by atoms with Gasteiger partial charge in [-0.25, -0.2) is 4.98 Å². The molecule has 2 aromatic rings. The lowest BCUT2D eigenvalue weighted by Crippen LogP contribution is -2.64. The number of nitrogens with two attached hydrogens (primary N) is 1. The molecular weight excluding hydrogens is 444 g/mol. The minimum Gasteiger partial charge on any atom is -0.376 e. The maximum Gasteiger partial charge on any atom is 0.184 e. The molecule has 0 aliphatic carbocycles. The van der Waals surface area contributed by atoms with E-state index in [1.165, 1.54) is 0 Å². The molecular formula is C20H23BrN2O4S. The van der Waals surface area contributed by atoms with Crippen molar-refractivity contribution < 1.29 is 18.9 Å². The first-order chi connectivity index (χ1) is 13.6. The molecule has 6 unspecified atom stereocenters. The summed E-state index contributed by atoms with van der Waals surface area (Å²) >= 11 is 5.05. The van der Waals surface area contributed by atoms with E-state index in [0.29, 0.717) is 6.61 Å². The highest BCUT2D eigenvalue weighted by Crippen LogP contribution is 2.40. The molecule has 1 aromatic carbocycles. The van der Waals surface area contributed by atoms with E-state index < -0.39 is 6.29 Å². The first-order valence-corrected chi connectivity index (χ1v) is 10.8. The molecule has 1 aromatic heterocycles. The van der Waals surface area contributed by atoms with Crippen LogP contribution in [0, 0.1) is 6.92 Å². The van der Waals surface area contributed by atoms with Crippen molar-refractivity contribution in [3.63, 3.8) is 0 Å². The normalized spacial score (nSPS) is 32.7. The van der Waals surface area contributed by atoms with Crippen LogP contribution >= 0.6 is 27.7 Å². The van der Waals surface area contributed by atoms with Gasteiger partial charge < -0.3 is 24.7 Å². The number of rotatable bonds is 4. The van der Waals surface area contributed by atoms with Gasteiger partial charge >= 0.3 is 0 Å². The summed E-state index contributed by atoms with van der Waals surface area (Å²) in [6.45, 7) is 2.42. The Hall–Kier alpha value is -1.00. The summed E-state index contributed by atoms with van der Waals surface area (Å²) in [4.78, 5) is 5.34. The molecule has 28 heavy (non-hydrogen) atoms. The van der Waals surface area contributed by atoms with Crippen LogP contribution in [0.15, 0.2) is 52.1 Å². The highest BCUT2D eigenvalue weighted by Gasteiger charge is 2.49. The number of fused-ring (bicyclic) bond motifs is 1. The van der Waals surface area contributed by atoms with Crippen molar-refractivity contribution in [1.82, 2.24) is 4.98 Å². The zero-order valence-corrected chi connectivity index (χ0v) is 18.1. The molecule has 2 saturated heterocycles. The van der Waals surface area contributed by atoms with Crippen molar-refractivity contribution in [1.29, 1.82) is 0 Å². The third kappa shape index (κ3) is 4.14. The molecule has 4 rings (SSSR count). The second-order valence-electron chi connectivity index (χ2n) is 6.92. The molecule has 0 amide bonds. The molecule has 2 aliphatic rings. The van der Waals surface area contributed by atoms with Gasteiger partial charge in [-0.15, -0.1) is 0 Å². The van der Waals surface area contributed by atoms with Gasteiger partial charge in [0.2, 0.25) is 0 Å². The van der Waals surface area contributed by atoms with Gasteiger partial charge in [0.25, 0.3) is 0 Å². The van der Waals surface area contributed by atoms with Crippen LogP contribution in [0.25, 0.3) is 0 Å². The SMILES string of the molecule is COC1C(Sc2cc(C)cnc2Br)OC2COC(c3ccccc3)OC2C1N. The Balaban J connectivity index is 1.51. The number of methoxy groups -OCH3 is 1. The van der Waals surface area contributed by atoms with Gasteiger partial charge in [0.05, 0.1) is 12.6 Å². The van der Waals surface area contributed by atoms with Crippen LogP contribution in [-0.2, 0) is 18.9 Å². The third-order valence-corrected chi connectivity index (χ3v) is 7.00. The number of aryl methyl sites for hydroxylation is 1. The van der Waals surface area contributed by atoms with Crippen molar-refractivity contribution in [2.24, 2.45) is 5.73 Å². The molecule has 8 heteroatoms. The van der Waals surface area contributed by atoms with Gasteiger partial charge in [0, 0.05) is 23.8 Å². The molecule has 0 bridgehead atoms. The lowest BCUT2D eigenvalue weighted by molar-refractivity contribution is -0.298. The lowest BCUT2D eigenvalue weighted by atomic mass is 9.97. The minimum absolute atomic E-state index is 0.254. The number of hydrogen-bond donors (Lipinski definition) is 1. The van der Waals surface area contributed by atoms with Crippen LogP contribution < -0.4 is 5.73 Å². The van der Waals surface area contributed by atoms with Crippen molar-refractivity contribution in [3.8, 4) is 0 Å². The highest BCUT2D eigenvalue weighted by atomic mass is 79.9. The highest BCUT2D eigenvalue weighted by molar-refractivity contribution is 9.10. The van der Waals surface area contributed by atoms with Gasteiger partial charge in [-0.1, -0.05) is 42.1 Å². The van der Waals surface area contributed by atoms with Gasteiger partial charge in [0.1, 0.15) is 28.4 Å². The standard InChI is InChI=1S/C20H23BrN2O4S/c1-11-8-14(18(21)23-9-11)28-20-17(24-2)15(22)16-13(26-20)10-25-19(27-16)12-6-4-3-5-7-12/h3-9,13,15-17,19-20H,10,22H2,1-2H3. The first-order valence-electron chi connectivity index (χ1n) is 9.11. The smallest absolute Gasteiger partial charge is 0.184 e. The van der Waals surface area contributed by atoms with Crippen molar-refractivity contribution in [2.45, 2.75) is 47.9 Å². The van der Waals surface area contributed by atoms with E-state index in [9.17, 15) is 0 Å². The summed E-state index contributed by atoms with van der Waals surface area (Å²) in [5.41, 5.74) is 8.32. The Labute approximate surface area is 177 Å². The van der Waals surface area contributed by atoms with E-state index >= 15 is 0 Å². The maximum absolute atomic E-state index is 6.57. The topological polar surface area (TPSA) is 75.8 Å². The molecule has 6 nitrogen and oxygen atoms in total. The van der Waals surface area contributed by atoms with Gasteiger partial charge in [-0.05, 0) is 34.5 Å². The van der Waals surface area contributed by atoms with Crippen LogP contribution in [0.5, 0.6) is 0 Å². The Morgan fingerprint density at radius 1 is 1.25 bits per heavy atom. The number of aromatic nitrogens is 1. The summed E-state index contributed by atoms with van der Waals surface area (Å²) in [5.74, 6) is 0. The number of pyridine rings is 1. The van der Waals surface area contributed by atoms with E-state index in [4.69, 9.17) is 24.7 Å². The number of thioether (sulfide) groups is 1. The van der Waals surface area contributed by atoms with E-state index in [1.54, 1.807) is 18.9 Å². The number of hydrogen-bond acceptors (Lipinski definition) is 7. The quantitative estimate of drug-likeness (QED) is 0.691. The largest absolute Gasteiger partial charge is 0.376 e. The van der Waals surface area contributed by atoms with E-state index in [-0.39, 0.29) is 29.8 Å². The summed E-state index contributed by atoms with van der Waals surface area (Å²) < 4.78 is 24.9. The Bertz CT molecular complexity index is 812. The summed E-state index contributed by atoms with van der Waals surface area (Å²) in [6, 6.07) is 11.6. The average molecular weight is 467 g/mol. The minimum atomic E-state index is -0.450. The Morgan fingerprint density at radius 3 is 2.79 bits per heavy atom. The van der Waals surface area contributed by atoms with Gasteiger partial charge in [-0.2, -0.15) is 0 Å². The average Bonchev–Trinajstić information content (AvgIpc) is 2.71. The molecule has 0 radical (unpaired) electrons. The van der Waals surface area contributed by atoms with Gasteiger partial charge in [0.15, 0.2) is 6.29 Å². The Morgan fingerprint density at radius 2 is 2.04 bits per heavy atom. The predicted octanol–water partition coefficient (Wildman–Crippen LogP) is 3.43. The van der Waals surface area contributed by atoms with Crippen LogP contribution in [0.1, 0.15) is 17.4 Å². The fourth-order valence-corrected chi connectivity index (χ4v) is 5.28. The number of benzene rings is 1. The fourth-order valence-electron chi connectivity index (χ4n) is 3.50. The maximum atomic E-state index is 6.57. The van der Waals surface area contributed by atoms with Crippen LogP contribution in [-0.4, -0.2) is 48.5 Å². The van der Waals surface area contributed by atoms with E-state index in [0.717, 1.165) is 20.6 Å². The van der Waals surface area contributed by atoms with Crippen LogP contribution in [0.2, 0.25) is 0 Å². The van der Waals surface area contributed by atoms with E-state index in [2.05, 4.69) is 27.0 Å². The molecule has 150 valence electrons. The second kappa shape index (κ2) is 8.79. The summed E-state index contributed by atoms with van der Waals surface area (Å²) in [5, 5.41) is 0. The lowest BCUT2D eigenvalue weighted by Gasteiger charge is -2.48. The first kappa shape index (κ1) is 20.3. The third-order valence-electron chi connectivity index (χ3n) is 4.93. The monoisotopic (exact) mass is 466 g/mol. The summed E-state index contributed by atoms with van der Waals surface area (Å²) in [6.07, 6.45) is 0.482. The number of halogens is 1. The zero-order chi connectivity index (χ0) is 19.7. The molecule has 0 saturated carbocycles. The molecule has 6 atom stereocenters. The second-order valence-corrected chi connectivity index (χ2v) is 8.81. The Kier molecular flexibility index (Phi) is 6.37. The number of nitrogens with zero attached hydrogens (tertiary/aromatic N) is 1. The van der Waals surface area contributed by atoms with E-state index in [1.807, 2.05) is 43.5 Å². The van der Waals surface area contributed by atoms with Crippen LogP contribution in [0.3, 0.4) is 0 Å². The zero-order valence-electron chi connectivity index (χ0n) is 15.7. The van der Waals surface area contributed by atoms with Crippen molar-refractivity contribution >= 4 is 27.7 Å². The fraction of sp³-hybridized carbons (Fsp3) is 0.450. The summed E-state index contributed by atoms with van der Waals surface area (Å²) in [7, 11) is 1.65. The van der Waals surface area contributed by atoms with Crippen molar-refractivity contribution in [3.05, 3.63) is 58.3 Å².